The molecule has 0 aliphatic carbocycles. The molecule has 1 heterocycles. The van der Waals surface area contributed by atoms with Gasteiger partial charge in [0.1, 0.15) is 5.75 Å². The van der Waals surface area contributed by atoms with E-state index in [2.05, 4.69) is 29.7 Å². The zero-order valence-electron chi connectivity index (χ0n) is 19.4. The Hall–Kier alpha value is -3.42. The third kappa shape index (κ3) is 7.86. The SMILES string of the molecule is COc1ccc(NC(=O)/C=C/[C@@H](NC(=O)[C@@H](N)Cc2cccs2)C(C)Cc2ccccc2)cc1. The summed E-state index contributed by atoms with van der Waals surface area (Å²) in [4.78, 5) is 26.4. The molecule has 0 radical (unpaired) electrons. The zero-order chi connectivity index (χ0) is 24.3. The van der Waals surface area contributed by atoms with Crippen LogP contribution in [0, 0.1) is 5.92 Å². The molecule has 4 N–H and O–H groups in total. The quantitative estimate of drug-likeness (QED) is 0.361. The smallest absolute Gasteiger partial charge is 0.248 e. The molecular weight excluding hydrogens is 446 g/mol. The minimum absolute atomic E-state index is 0.0466. The van der Waals surface area contributed by atoms with Gasteiger partial charge in [-0.05, 0) is 53.6 Å². The van der Waals surface area contributed by atoms with Crippen LogP contribution in [0.15, 0.2) is 84.3 Å². The molecule has 34 heavy (non-hydrogen) atoms. The molecule has 0 saturated heterocycles. The maximum atomic E-state index is 12.9. The number of carbonyl (C=O) groups is 2. The lowest BCUT2D eigenvalue weighted by molar-refractivity contribution is -0.123. The highest BCUT2D eigenvalue weighted by Crippen LogP contribution is 2.17. The molecule has 1 unspecified atom stereocenters. The largest absolute Gasteiger partial charge is 0.497 e. The van der Waals surface area contributed by atoms with Gasteiger partial charge in [-0.2, -0.15) is 0 Å². The summed E-state index contributed by atoms with van der Waals surface area (Å²) in [5.41, 5.74) is 7.99. The molecule has 0 fully saturated rings. The Bertz CT molecular complexity index is 1070. The lowest BCUT2D eigenvalue weighted by atomic mass is 9.93. The Kier molecular flexibility index (Phi) is 9.43. The molecule has 2 amide bonds. The summed E-state index contributed by atoms with van der Waals surface area (Å²) in [5, 5.41) is 7.83. The number of benzene rings is 2. The van der Waals surface area contributed by atoms with E-state index in [0.29, 0.717) is 17.9 Å². The molecule has 3 atom stereocenters. The average molecular weight is 478 g/mol. The van der Waals surface area contributed by atoms with Crippen molar-refractivity contribution in [2.24, 2.45) is 11.7 Å². The van der Waals surface area contributed by atoms with Crippen LogP contribution in [0.3, 0.4) is 0 Å². The Labute approximate surface area is 204 Å². The van der Waals surface area contributed by atoms with Gasteiger partial charge >= 0.3 is 0 Å². The van der Waals surface area contributed by atoms with E-state index in [1.54, 1.807) is 48.8 Å². The van der Waals surface area contributed by atoms with E-state index in [4.69, 9.17) is 10.5 Å². The van der Waals surface area contributed by atoms with Crippen molar-refractivity contribution in [2.45, 2.75) is 31.8 Å². The second-order valence-corrected chi connectivity index (χ2v) is 9.20. The fraction of sp³-hybridized carbons (Fsp3) is 0.259. The Balaban J connectivity index is 1.67. The highest BCUT2D eigenvalue weighted by molar-refractivity contribution is 7.09. The first kappa shape index (κ1) is 25.2. The maximum absolute atomic E-state index is 12.9. The number of hydrogen-bond donors (Lipinski definition) is 3. The predicted octanol–water partition coefficient (Wildman–Crippen LogP) is 4.19. The summed E-state index contributed by atoms with van der Waals surface area (Å²) in [7, 11) is 1.59. The normalized spacial score (nSPS) is 13.7. The molecule has 7 heteroatoms. The molecule has 0 saturated carbocycles. The van der Waals surface area contributed by atoms with Crippen molar-refractivity contribution in [3.63, 3.8) is 0 Å². The van der Waals surface area contributed by atoms with E-state index >= 15 is 0 Å². The molecule has 0 bridgehead atoms. The lowest BCUT2D eigenvalue weighted by Crippen LogP contribution is -2.48. The molecule has 178 valence electrons. The number of carbonyl (C=O) groups excluding carboxylic acids is 2. The molecule has 3 aromatic rings. The van der Waals surface area contributed by atoms with Crippen molar-refractivity contribution >= 4 is 28.8 Å². The minimum Gasteiger partial charge on any atom is -0.497 e. The van der Waals surface area contributed by atoms with Crippen LogP contribution in [0.1, 0.15) is 17.4 Å². The van der Waals surface area contributed by atoms with Gasteiger partial charge in [-0.1, -0.05) is 49.4 Å². The molecule has 0 aliphatic heterocycles. The van der Waals surface area contributed by atoms with Crippen molar-refractivity contribution in [3.05, 3.63) is 94.7 Å². The number of ether oxygens (including phenoxy) is 1. The van der Waals surface area contributed by atoms with Crippen molar-refractivity contribution in [1.82, 2.24) is 5.32 Å². The zero-order valence-corrected chi connectivity index (χ0v) is 20.3. The van der Waals surface area contributed by atoms with E-state index in [0.717, 1.165) is 16.9 Å². The Morgan fingerprint density at radius 2 is 1.76 bits per heavy atom. The fourth-order valence-corrected chi connectivity index (χ4v) is 4.32. The first-order chi connectivity index (χ1) is 16.4. The number of thiophene rings is 1. The van der Waals surface area contributed by atoms with Crippen LogP contribution in [0.2, 0.25) is 0 Å². The third-order valence-corrected chi connectivity index (χ3v) is 6.37. The van der Waals surface area contributed by atoms with Crippen molar-refractivity contribution in [2.75, 3.05) is 12.4 Å². The summed E-state index contributed by atoms with van der Waals surface area (Å²) >= 11 is 1.58. The molecule has 6 nitrogen and oxygen atoms in total. The van der Waals surface area contributed by atoms with Crippen molar-refractivity contribution in [3.8, 4) is 5.75 Å². The molecule has 3 rings (SSSR count). The number of methoxy groups -OCH3 is 1. The average Bonchev–Trinajstić information content (AvgIpc) is 3.35. The van der Waals surface area contributed by atoms with Crippen LogP contribution in [0.5, 0.6) is 5.75 Å². The Morgan fingerprint density at radius 3 is 2.41 bits per heavy atom. The maximum Gasteiger partial charge on any atom is 0.248 e. The van der Waals surface area contributed by atoms with Crippen LogP contribution in [0.25, 0.3) is 0 Å². The predicted molar refractivity (Wildman–Crippen MR) is 138 cm³/mol. The summed E-state index contributed by atoms with van der Waals surface area (Å²) in [6, 6.07) is 20.0. The van der Waals surface area contributed by atoms with Crippen molar-refractivity contribution in [1.29, 1.82) is 0 Å². The second kappa shape index (κ2) is 12.7. The fourth-order valence-electron chi connectivity index (χ4n) is 3.55. The van der Waals surface area contributed by atoms with E-state index in [-0.39, 0.29) is 23.8 Å². The van der Waals surface area contributed by atoms with Gasteiger partial charge in [0, 0.05) is 23.1 Å². The number of anilines is 1. The van der Waals surface area contributed by atoms with Crippen molar-refractivity contribution < 1.29 is 14.3 Å². The number of nitrogens with one attached hydrogen (secondary N) is 2. The van der Waals surface area contributed by atoms with Crippen LogP contribution >= 0.6 is 11.3 Å². The van der Waals surface area contributed by atoms with E-state index in [9.17, 15) is 9.59 Å². The monoisotopic (exact) mass is 477 g/mol. The summed E-state index contributed by atoms with van der Waals surface area (Å²) in [5.74, 6) is 0.244. The first-order valence-corrected chi connectivity index (χ1v) is 12.1. The summed E-state index contributed by atoms with van der Waals surface area (Å²) in [6.45, 7) is 2.05. The number of nitrogens with two attached hydrogens (primary N) is 1. The number of amides is 2. The van der Waals surface area contributed by atoms with E-state index < -0.39 is 6.04 Å². The van der Waals surface area contributed by atoms with Gasteiger partial charge in [0.15, 0.2) is 0 Å². The minimum atomic E-state index is -0.661. The molecule has 0 spiro atoms. The lowest BCUT2D eigenvalue weighted by Gasteiger charge is -2.24. The van der Waals surface area contributed by atoms with Crippen LogP contribution in [-0.2, 0) is 22.4 Å². The van der Waals surface area contributed by atoms with Gasteiger partial charge in [-0.25, -0.2) is 0 Å². The van der Waals surface area contributed by atoms with Gasteiger partial charge < -0.3 is 21.1 Å². The third-order valence-electron chi connectivity index (χ3n) is 5.47. The first-order valence-electron chi connectivity index (χ1n) is 11.2. The Morgan fingerprint density at radius 1 is 1.03 bits per heavy atom. The highest BCUT2D eigenvalue weighted by Gasteiger charge is 2.22. The van der Waals surface area contributed by atoms with Gasteiger partial charge in [-0.15, -0.1) is 11.3 Å². The summed E-state index contributed by atoms with van der Waals surface area (Å²) in [6.07, 6.45) is 4.42. The van der Waals surface area contributed by atoms with Crippen LogP contribution < -0.4 is 21.1 Å². The number of hydrogen-bond acceptors (Lipinski definition) is 5. The van der Waals surface area contributed by atoms with Gasteiger partial charge in [0.05, 0.1) is 19.2 Å². The molecule has 0 aliphatic rings. The number of rotatable bonds is 11. The molecule has 2 aromatic carbocycles. The highest BCUT2D eigenvalue weighted by atomic mass is 32.1. The van der Waals surface area contributed by atoms with Crippen LogP contribution in [-0.4, -0.2) is 31.0 Å². The molecule has 1 aromatic heterocycles. The summed E-state index contributed by atoms with van der Waals surface area (Å²) < 4.78 is 5.14. The van der Waals surface area contributed by atoms with Gasteiger partial charge in [-0.3, -0.25) is 9.59 Å². The second-order valence-electron chi connectivity index (χ2n) is 8.17. The van der Waals surface area contributed by atoms with Gasteiger partial charge in [0.25, 0.3) is 0 Å². The van der Waals surface area contributed by atoms with E-state index in [1.807, 2.05) is 35.7 Å². The topological polar surface area (TPSA) is 93.5 Å². The standard InChI is InChI=1S/C27H31N3O3S/c1-19(17-20-7-4-3-5-8-20)25(30-27(32)24(28)18-23-9-6-16-34-23)14-15-26(31)29-21-10-12-22(33-2)13-11-21/h3-16,19,24-25H,17-18,28H2,1-2H3,(H,29,31)(H,30,32)/b15-14+/t19?,24-,25+/m0/s1. The van der Waals surface area contributed by atoms with E-state index in [1.165, 1.54) is 6.08 Å². The molecular formula is C27H31N3O3S. The van der Waals surface area contributed by atoms with Crippen LogP contribution in [0.4, 0.5) is 5.69 Å². The van der Waals surface area contributed by atoms with Gasteiger partial charge in [0.2, 0.25) is 11.8 Å².